The lowest BCUT2D eigenvalue weighted by molar-refractivity contribution is -0.143. The SMILES string of the molecule is O=C(O)C1CCC(n2c3c([nH]c2=O)COC3)CC1. The van der Waals surface area contributed by atoms with Gasteiger partial charge in [0.05, 0.1) is 30.5 Å². The van der Waals surface area contributed by atoms with Crippen molar-refractivity contribution in [3.63, 3.8) is 0 Å². The molecule has 0 amide bonds. The fourth-order valence-corrected chi connectivity index (χ4v) is 3.02. The molecule has 2 heterocycles. The minimum atomic E-state index is -0.719. The lowest BCUT2D eigenvalue weighted by atomic mass is 9.86. The number of nitrogens with zero attached hydrogens (tertiary/aromatic N) is 1. The summed E-state index contributed by atoms with van der Waals surface area (Å²) in [5.74, 6) is -0.969. The topological polar surface area (TPSA) is 84.3 Å². The zero-order valence-corrected chi connectivity index (χ0v) is 10.0. The quantitative estimate of drug-likeness (QED) is 0.823. The second-order valence-corrected chi connectivity index (χ2v) is 5.06. The van der Waals surface area contributed by atoms with Crippen molar-refractivity contribution in [3.8, 4) is 0 Å². The number of hydrogen-bond donors (Lipinski definition) is 2. The van der Waals surface area contributed by atoms with Crippen molar-refractivity contribution in [2.75, 3.05) is 0 Å². The Labute approximate surface area is 104 Å². The maximum atomic E-state index is 11.9. The molecule has 1 aliphatic carbocycles. The first-order valence-electron chi connectivity index (χ1n) is 6.29. The number of rotatable bonds is 2. The predicted molar refractivity (Wildman–Crippen MR) is 62.2 cm³/mol. The van der Waals surface area contributed by atoms with E-state index in [-0.39, 0.29) is 17.6 Å². The molecule has 1 aromatic rings. The number of aromatic amines is 1. The largest absolute Gasteiger partial charge is 0.481 e. The summed E-state index contributed by atoms with van der Waals surface area (Å²) in [5, 5.41) is 8.97. The van der Waals surface area contributed by atoms with Crippen LogP contribution in [-0.2, 0) is 22.7 Å². The molecule has 2 N–H and O–H groups in total. The number of aliphatic carboxylic acids is 1. The van der Waals surface area contributed by atoms with Crippen LogP contribution in [0.15, 0.2) is 4.79 Å². The molecule has 6 nitrogen and oxygen atoms in total. The van der Waals surface area contributed by atoms with E-state index in [9.17, 15) is 9.59 Å². The van der Waals surface area contributed by atoms with E-state index in [1.807, 2.05) is 0 Å². The van der Waals surface area contributed by atoms with E-state index in [2.05, 4.69) is 4.98 Å². The zero-order valence-electron chi connectivity index (χ0n) is 10.0. The second-order valence-electron chi connectivity index (χ2n) is 5.06. The first-order chi connectivity index (χ1) is 8.66. The van der Waals surface area contributed by atoms with Crippen LogP contribution >= 0.6 is 0 Å². The average molecular weight is 252 g/mol. The van der Waals surface area contributed by atoms with Crippen LogP contribution in [0.2, 0.25) is 0 Å². The minimum Gasteiger partial charge on any atom is -0.481 e. The van der Waals surface area contributed by atoms with Gasteiger partial charge in [-0.2, -0.15) is 0 Å². The standard InChI is InChI=1S/C12H16N2O4/c15-11(16)7-1-3-8(4-2-7)14-10-6-18-5-9(10)13-12(14)17/h7-8H,1-6H2,(H,13,17)(H,15,16). The molecule has 1 aliphatic heterocycles. The zero-order chi connectivity index (χ0) is 12.7. The third kappa shape index (κ3) is 1.77. The second kappa shape index (κ2) is 4.28. The summed E-state index contributed by atoms with van der Waals surface area (Å²) in [4.78, 5) is 25.6. The van der Waals surface area contributed by atoms with E-state index in [1.165, 1.54) is 0 Å². The van der Waals surface area contributed by atoms with Crippen LogP contribution in [0.3, 0.4) is 0 Å². The molecule has 1 fully saturated rings. The summed E-state index contributed by atoms with van der Waals surface area (Å²) in [6.07, 6.45) is 2.79. The van der Waals surface area contributed by atoms with E-state index >= 15 is 0 Å². The molecule has 0 spiro atoms. The van der Waals surface area contributed by atoms with Gasteiger partial charge in [0.25, 0.3) is 0 Å². The highest BCUT2D eigenvalue weighted by molar-refractivity contribution is 5.70. The summed E-state index contributed by atoms with van der Waals surface area (Å²) >= 11 is 0. The van der Waals surface area contributed by atoms with Crippen LogP contribution in [0.5, 0.6) is 0 Å². The van der Waals surface area contributed by atoms with Crippen LogP contribution in [-0.4, -0.2) is 20.6 Å². The Morgan fingerprint density at radius 3 is 2.67 bits per heavy atom. The molecule has 2 aliphatic rings. The predicted octanol–water partition coefficient (Wildman–Crippen LogP) is 1.02. The molecule has 0 saturated heterocycles. The monoisotopic (exact) mass is 252 g/mol. The highest BCUT2D eigenvalue weighted by atomic mass is 16.5. The number of imidazole rings is 1. The van der Waals surface area contributed by atoms with E-state index in [0.29, 0.717) is 26.1 Å². The van der Waals surface area contributed by atoms with Crippen LogP contribution in [0.25, 0.3) is 0 Å². The number of fused-ring (bicyclic) bond motifs is 1. The van der Waals surface area contributed by atoms with Crippen LogP contribution in [0, 0.1) is 5.92 Å². The van der Waals surface area contributed by atoms with Gasteiger partial charge in [0.1, 0.15) is 0 Å². The number of hydrogen-bond acceptors (Lipinski definition) is 3. The fraction of sp³-hybridized carbons (Fsp3) is 0.667. The Morgan fingerprint density at radius 1 is 1.28 bits per heavy atom. The molecule has 6 heteroatoms. The summed E-state index contributed by atoms with van der Waals surface area (Å²) in [6.45, 7) is 0.953. The molecule has 0 unspecified atom stereocenters. The Hall–Kier alpha value is -1.56. The summed E-state index contributed by atoms with van der Waals surface area (Å²) in [7, 11) is 0. The molecule has 0 bridgehead atoms. The van der Waals surface area contributed by atoms with Crippen molar-refractivity contribution >= 4 is 5.97 Å². The molecular weight excluding hydrogens is 236 g/mol. The van der Waals surface area contributed by atoms with E-state index in [1.54, 1.807) is 4.57 Å². The smallest absolute Gasteiger partial charge is 0.326 e. The highest BCUT2D eigenvalue weighted by Gasteiger charge is 2.30. The lowest BCUT2D eigenvalue weighted by Crippen LogP contribution is -2.29. The molecule has 1 saturated carbocycles. The number of ether oxygens (including phenoxy) is 1. The molecule has 1 aromatic heterocycles. The Balaban J connectivity index is 1.81. The van der Waals surface area contributed by atoms with E-state index in [0.717, 1.165) is 24.2 Å². The van der Waals surface area contributed by atoms with E-state index in [4.69, 9.17) is 9.84 Å². The maximum absolute atomic E-state index is 11.9. The number of aromatic nitrogens is 2. The molecule has 0 aromatic carbocycles. The summed E-state index contributed by atoms with van der Waals surface area (Å²) in [5.41, 5.74) is 1.74. The van der Waals surface area contributed by atoms with Gasteiger partial charge in [0.2, 0.25) is 0 Å². The van der Waals surface area contributed by atoms with Gasteiger partial charge in [-0.15, -0.1) is 0 Å². The first kappa shape index (κ1) is 11.5. The molecule has 18 heavy (non-hydrogen) atoms. The van der Waals surface area contributed by atoms with Gasteiger partial charge in [-0.25, -0.2) is 4.79 Å². The van der Waals surface area contributed by atoms with Crippen molar-refractivity contribution in [1.29, 1.82) is 0 Å². The number of nitrogens with one attached hydrogen (secondary N) is 1. The molecule has 0 radical (unpaired) electrons. The van der Waals surface area contributed by atoms with Gasteiger partial charge in [-0.3, -0.25) is 9.36 Å². The molecule has 3 rings (SSSR count). The Morgan fingerprint density at radius 2 is 2.00 bits per heavy atom. The van der Waals surface area contributed by atoms with Crippen LogP contribution < -0.4 is 5.69 Å². The summed E-state index contributed by atoms with van der Waals surface area (Å²) < 4.78 is 7.09. The van der Waals surface area contributed by atoms with Crippen molar-refractivity contribution in [2.45, 2.75) is 44.9 Å². The lowest BCUT2D eigenvalue weighted by Gasteiger charge is -2.27. The van der Waals surface area contributed by atoms with Gasteiger partial charge in [-0.05, 0) is 25.7 Å². The van der Waals surface area contributed by atoms with Gasteiger partial charge in [0.15, 0.2) is 0 Å². The molecular formula is C12H16N2O4. The Kier molecular flexibility index (Phi) is 2.74. The number of carboxylic acid groups (broad SMARTS) is 1. The van der Waals surface area contributed by atoms with E-state index < -0.39 is 5.97 Å². The normalized spacial score (nSPS) is 27.1. The number of carbonyl (C=O) groups is 1. The third-order valence-corrected chi connectivity index (χ3v) is 4.01. The minimum absolute atomic E-state index is 0.0814. The Bertz CT molecular complexity index is 523. The van der Waals surface area contributed by atoms with Gasteiger partial charge < -0.3 is 14.8 Å². The maximum Gasteiger partial charge on any atom is 0.326 e. The van der Waals surface area contributed by atoms with Gasteiger partial charge in [0, 0.05) is 6.04 Å². The first-order valence-corrected chi connectivity index (χ1v) is 6.29. The summed E-state index contributed by atoms with van der Waals surface area (Å²) in [6, 6.07) is 0.120. The van der Waals surface area contributed by atoms with Crippen molar-refractivity contribution in [2.24, 2.45) is 5.92 Å². The third-order valence-electron chi connectivity index (χ3n) is 4.01. The highest BCUT2D eigenvalue weighted by Crippen LogP contribution is 2.33. The van der Waals surface area contributed by atoms with Crippen molar-refractivity contribution in [3.05, 3.63) is 21.9 Å². The van der Waals surface area contributed by atoms with Crippen molar-refractivity contribution < 1.29 is 14.6 Å². The van der Waals surface area contributed by atoms with Crippen molar-refractivity contribution in [1.82, 2.24) is 9.55 Å². The van der Waals surface area contributed by atoms with Gasteiger partial charge >= 0.3 is 11.7 Å². The molecule has 0 atom stereocenters. The van der Waals surface area contributed by atoms with Crippen LogP contribution in [0.1, 0.15) is 43.1 Å². The number of H-pyrrole nitrogens is 1. The number of carboxylic acids is 1. The van der Waals surface area contributed by atoms with Gasteiger partial charge in [-0.1, -0.05) is 0 Å². The molecule has 98 valence electrons. The van der Waals surface area contributed by atoms with Crippen LogP contribution in [0.4, 0.5) is 0 Å². The average Bonchev–Trinajstić information content (AvgIpc) is 2.89. The fourth-order valence-electron chi connectivity index (χ4n) is 3.02.